The maximum atomic E-state index is 10.6. The van der Waals surface area contributed by atoms with E-state index in [0.29, 0.717) is 0 Å². The van der Waals surface area contributed by atoms with Crippen LogP contribution in [0.3, 0.4) is 0 Å². The number of hydrogen-bond acceptors (Lipinski definition) is 2. The molecule has 1 unspecified atom stereocenters. The standard InChI is InChI=1S/C10H12O2S/c1-6-3-4-8(5-7(6)2)9(13)10(11)12/h3-5,9,13H,1-2H3,(H,11,12). The average molecular weight is 196 g/mol. The molecule has 0 fully saturated rings. The van der Waals surface area contributed by atoms with Gasteiger partial charge in [0.2, 0.25) is 0 Å². The molecule has 1 atom stereocenters. The van der Waals surface area contributed by atoms with Gasteiger partial charge in [-0.05, 0) is 30.5 Å². The van der Waals surface area contributed by atoms with Gasteiger partial charge in [-0.3, -0.25) is 4.79 Å². The monoisotopic (exact) mass is 196 g/mol. The molecule has 0 bridgehead atoms. The van der Waals surface area contributed by atoms with Gasteiger partial charge in [0, 0.05) is 0 Å². The zero-order valence-electron chi connectivity index (χ0n) is 7.61. The summed E-state index contributed by atoms with van der Waals surface area (Å²) in [6, 6.07) is 5.58. The lowest BCUT2D eigenvalue weighted by Crippen LogP contribution is -2.05. The molecule has 70 valence electrons. The van der Waals surface area contributed by atoms with Crippen LogP contribution in [-0.4, -0.2) is 11.1 Å². The number of hydrogen-bond donors (Lipinski definition) is 2. The van der Waals surface area contributed by atoms with Crippen molar-refractivity contribution in [2.75, 3.05) is 0 Å². The average Bonchev–Trinajstić information content (AvgIpc) is 2.08. The summed E-state index contributed by atoms with van der Waals surface area (Å²) in [5.74, 6) is -0.911. The number of aliphatic carboxylic acids is 1. The third-order valence-electron chi connectivity index (χ3n) is 2.08. The van der Waals surface area contributed by atoms with Crippen molar-refractivity contribution < 1.29 is 9.90 Å². The van der Waals surface area contributed by atoms with Crippen LogP contribution in [0, 0.1) is 13.8 Å². The Balaban J connectivity index is 3.03. The lowest BCUT2D eigenvalue weighted by molar-refractivity contribution is -0.136. The number of rotatable bonds is 2. The topological polar surface area (TPSA) is 37.3 Å². The zero-order chi connectivity index (χ0) is 10.0. The normalized spacial score (nSPS) is 12.5. The van der Waals surface area contributed by atoms with Crippen LogP contribution in [0.5, 0.6) is 0 Å². The number of carbonyl (C=O) groups is 1. The van der Waals surface area contributed by atoms with Gasteiger partial charge in [0.05, 0.1) is 0 Å². The van der Waals surface area contributed by atoms with Gasteiger partial charge in [0.1, 0.15) is 5.25 Å². The summed E-state index contributed by atoms with van der Waals surface area (Å²) >= 11 is 4.00. The minimum absolute atomic E-state index is 0.723. The molecule has 0 saturated carbocycles. The molecule has 1 N–H and O–H groups in total. The Morgan fingerprint density at radius 2 is 2.00 bits per heavy atom. The van der Waals surface area contributed by atoms with Gasteiger partial charge >= 0.3 is 5.97 Å². The highest BCUT2D eigenvalue weighted by Gasteiger charge is 2.14. The highest BCUT2D eigenvalue weighted by molar-refractivity contribution is 7.81. The smallest absolute Gasteiger partial charge is 0.320 e. The third kappa shape index (κ3) is 2.25. The van der Waals surface area contributed by atoms with Crippen molar-refractivity contribution >= 4 is 18.6 Å². The van der Waals surface area contributed by atoms with Crippen LogP contribution in [0.2, 0.25) is 0 Å². The Labute approximate surface area is 83.0 Å². The van der Waals surface area contributed by atoms with Crippen molar-refractivity contribution in [3.8, 4) is 0 Å². The van der Waals surface area contributed by atoms with Crippen molar-refractivity contribution in [3.05, 3.63) is 34.9 Å². The first-order chi connectivity index (χ1) is 6.02. The fourth-order valence-electron chi connectivity index (χ4n) is 1.08. The minimum Gasteiger partial charge on any atom is -0.480 e. The van der Waals surface area contributed by atoms with E-state index in [4.69, 9.17) is 5.11 Å². The van der Waals surface area contributed by atoms with Crippen molar-refractivity contribution in [1.82, 2.24) is 0 Å². The molecule has 0 heterocycles. The molecule has 0 aliphatic heterocycles. The maximum absolute atomic E-state index is 10.6. The van der Waals surface area contributed by atoms with Gasteiger partial charge in [-0.2, -0.15) is 12.6 Å². The molecular weight excluding hydrogens is 184 g/mol. The summed E-state index contributed by atoms with van der Waals surface area (Å²) < 4.78 is 0. The van der Waals surface area contributed by atoms with E-state index in [1.165, 1.54) is 0 Å². The molecule has 0 aliphatic carbocycles. The van der Waals surface area contributed by atoms with E-state index in [1.807, 2.05) is 26.0 Å². The van der Waals surface area contributed by atoms with Crippen molar-refractivity contribution in [2.45, 2.75) is 19.1 Å². The molecular formula is C10H12O2S. The Bertz CT molecular complexity index is 334. The summed E-state index contributed by atoms with van der Waals surface area (Å²) in [5.41, 5.74) is 2.99. The molecule has 1 aromatic rings. The number of thiol groups is 1. The quantitative estimate of drug-likeness (QED) is 0.712. The van der Waals surface area contributed by atoms with Crippen molar-refractivity contribution in [2.24, 2.45) is 0 Å². The van der Waals surface area contributed by atoms with Crippen LogP contribution in [0.15, 0.2) is 18.2 Å². The second-order valence-corrected chi connectivity index (χ2v) is 3.60. The first kappa shape index (κ1) is 10.1. The van der Waals surface area contributed by atoms with E-state index in [1.54, 1.807) is 6.07 Å². The Morgan fingerprint density at radius 1 is 1.38 bits per heavy atom. The summed E-state index contributed by atoms with van der Waals surface area (Å²) in [6.45, 7) is 3.95. The molecule has 13 heavy (non-hydrogen) atoms. The van der Waals surface area contributed by atoms with E-state index in [2.05, 4.69) is 12.6 Å². The summed E-state index contributed by atoms with van der Waals surface area (Å²) in [4.78, 5) is 10.6. The molecule has 0 radical (unpaired) electrons. The summed E-state index contributed by atoms with van der Waals surface area (Å²) in [5, 5.41) is 8.00. The second kappa shape index (κ2) is 3.83. The van der Waals surface area contributed by atoms with E-state index in [-0.39, 0.29) is 0 Å². The second-order valence-electron chi connectivity index (χ2n) is 3.08. The molecule has 0 aromatic heterocycles. The van der Waals surface area contributed by atoms with Crippen LogP contribution in [-0.2, 0) is 4.79 Å². The molecule has 0 amide bonds. The number of carboxylic acids is 1. The number of benzene rings is 1. The zero-order valence-corrected chi connectivity index (χ0v) is 8.51. The highest BCUT2D eigenvalue weighted by atomic mass is 32.1. The molecule has 0 aliphatic rings. The largest absolute Gasteiger partial charge is 0.480 e. The van der Waals surface area contributed by atoms with Gasteiger partial charge in [-0.1, -0.05) is 18.2 Å². The summed E-state index contributed by atoms with van der Waals surface area (Å²) in [7, 11) is 0. The molecule has 1 aromatic carbocycles. The van der Waals surface area contributed by atoms with E-state index >= 15 is 0 Å². The van der Waals surface area contributed by atoms with E-state index < -0.39 is 11.2 Å². The van der Waals surface area contributed by atoms with Gasteiger partial charge in [0.15, 0.2) is 0 Å². The third-order valence-corrected chi connectivity index (χ3v) is 2.60. The fraction of sp³-hybridized carbons (Fsp3) is 0.300. The molecule has 1 rings (SSSR count). The summed E-state index contributed by atoms with van der Waals surface area (Å²) in [6.07, 6.45) is 0. The molecule has 3 heteroatoms. The van der Waals surface area contributed by atoms with E-state index in [9.17, 15) is 4.79 Å². The maximum Gasteiger partial charge on any atom is 0.320 e. The first-order valence-corrected chi connectivity index (χ1v) is 4.52. The lowest BCUT2D eigenvalue weighted by atomic mass is 10.0. The first-order valence-electron chi connectivity index (χ1n) is 4.00. The van der Waals surface area contributed by atoms with Gasteiger partial charge in [-0.15, -0.1) is 0 Å². The highest BCUT2D eigenvalue weighted by Crippen LogP contribution is 2.22. The predicted molar refractivity (Wildman–Crippen MR) is 55.3 cm³/mol. The van der Waals surface area contributed by atoms with Crippen LogP contribution in [0.1, 0.15) is 21.9 Å². The lowest BCUT2D eigenvalue weighted by Gasteiger charge is -2.07. The van der Waals surface area contributed by atoms with E-state index in [0.717, 1.165) is 16.7 Å². The molecule has 0 saturated heterocycles. The van der Waals surface area contributed by atoms with Gasteiger partial charge in [0.25, 0.3) is 0 Å². The Morgan fingerprint density at radius 3 is 2.46 bits per heavy atom. The predicted octanol–water partition coefficient (Wildman–Crippen LogP) is 2.36. The van der Waals surface area contributed by atoms with Crippen LogP contribution in [0.25, 0.3) is 0 Å². The van der Waals surface area contributed by atoms with Crippen molar-refractivity contribution in [1.29, 1.82) is 0 Å². The van der Waals surface area contributed by atoms with Gasteiger partial charge < -0.3 is 5.11 Å². The SMILES string of the molecule is Cc1ccc(C(S)C(=O)O)cc1C. The van der Waals surface area contributed by atoms with Crippen LogP contribution < -0.4 is 0 Å². The molecule has 2 nitrogen and oxygen atoms in total. The number of carboxylic acid groups (broad SMARTS) is 1. The fourth-order valence-corrected chi connectivity index (χ4v) is 1.24. The number of aryl methyl sites for hydroxylation is 2. The minimum atomic E-state index is -0.911. The van der Waals surface area contributed by atoms with Gasteiger partial charge in [-0.25, -0.2) is 0 Å². The Kier molecular flexibility index (Phi) is 2.98. The van der Waals surface area contributed by atoms with Crippen LogP contribution in [0.4, 0.5) is 0 Å². The van der Waals surface area contributed by atoms with Crippen molar-refractivity contribution in [3.63, 3.8) is 0 Å². The Hall–Kier alpha value is -0.960. The molecule has 0 spiro atoms. The van der Waals surface area contributed by atoms with Crippen LogP contribution >= 0.6 is 12.6 Å².